The summed E-state index contributed by atoms with van der Waals surface area (Å²) in [5, 5.41) is 9.21. The summed E-state index contributed by atoms with van der Waals surface area (Å²) in [6.07, 6.45) is 1.74. The SMILES string of the molecule is Cc1cccc(-c2ccnc3c2c(C)nn3CC(=O)Nc2cc(Cl)cc(Cl)c2)c1. The average molecular weight is 425 g/mol. The lowest BCUT2D eigenvalue weighted by atomic mass is 10.0. The highest BCUT2D eigenvalue weighted by Crippen LogP contribution is 2.30. The molecule has 0 radical (unpaired) electrons. The van der Waals surface area contributed by atoms with Crippen LogP contribution in [0.15, 0.2) is 54.7 Å². The Hall–Kier alpha value is -2.89. The molecule has 0 spiro atoms. The van der Waals surface area contributed by atoms with Gasteiger partial charge in [-0.05, 0) is 49.2 Å². The number of halogens is 2. The fraction of sp³-hybridized carbons (Fsp3) is 0.136. The Kier molecular flexibility index (Phi) is 5.26. The summed E-state index contributed by atoms with van der Waals surface area (Å²) in [5.74, 6) is -0.240. The number of carbonyl (C=O) groups excluding carboxylic acids is 1. The Morgan fingerprint density at radius 3 is 2.55 bits per heavy atom. The zero-order valence-electron chi connectivity index (χ0n) is 15.9. The lowest BCUT2D eigenvalue weighted by Crippen LogP contribution is -2.19. The third-order valence-electron chi connectivity index (χ3n) is 4.58. The van der Waals surface area contributed by atoms with Gasteiger partial charge in [0, 0.05) is 27.3 Å². The molecule has 4 rings (SSSR count). The van der Waals surface area contributed by atoms with Crippen LogP contribution in [0.2, 0.25) is 10.0 Å². The zero-order chi connectivity index (χ0) is 20.5. The molecular formula is C22H18Cl2N4O. The van der Waals surface area contributed by atoms with Crippen molar-refractivity contribution in [2.75, 3.05) is 5.32 Å². The Morgan fingerprint density at radius 2 is 1.83 bits per heavy atom. The van der Waals surface area contributed by atoms with Gasteiger partial charge in [-0.25, -0.2) is 9.67 Å². The topological polar surface area (TPSA) is 59.8 Å². The van der Waals surface area contributed by atoms with Gasteiger partial charge in [0.2, 0.25) is 5.91 Å². The summed E-state index contributed by atoms with van der Waals surface area (Å²) in [6.45, 7) is 4.01. The van der Waals surface area contributed by atoms with Crippen LogP contribution in [0.1, 0.15) is 11.3 Å². The number of hydrogen-bond donors (Lipinski definition) is 1. The highest BCUT2D eigenvalue weighted by atomic mass is 35.5. The number of nitrogens with zero attached hydrogens (tertiary/aromatic N) is 3. The summed E-state index contributed by atoms with van der Waals surface area (Å²) in [5.41, 5.74) is 5.35. The molecule has 0 fully saturated rings. The van der Waals surface area contributed by atoms with Crippen LogP contribution in [0.3, 0.4) is 0 Å². The molecule has 0 aliphatic rings. The molecule has 29 heavy (non-hydrogen) atoms. The molecule has 7 heteroatoms. The lowest BCUT2D eigenvalue weighted by molar-refractivity contribution is -0.116. The quantitative estimate of drug-likeness (QED) is 0.459. The number of aromatic nitrogens is 3. The molecule has 2 aromatic carbocycles. The number of pyridine rings is 1. The largest absolute Gasteiger partial charge is 0.324 e. The van der Waals surface area contributed by atoms with Gasteiger partial charge in [0.05, 0.1) is 5.69 Å². The van der Waals surface area contributed by atoms with E-state index in [1.165, 1.54) is 5.56 Å². The molecule has 2 heterocycles. The average Bonchev–Trinajstić information content (AvgIpc) is 2.96. The number of fused-ring (bicyclic) bond motifs is 1. The Bertz CT molecular complexity index is 1210. The van der Waals surface area contributed by atoms with E-state index in [9.17, 15) is 4.79 Å². The molecule has 0 atom stereocenters. The van der Waals surface area contributed by atoms with Gasteiger partial charge in [-0.15, -0.1) is 0 Å². The van der Waals surface area contributed by atoms with E-state index in [0.29, 0.717) is 21.4 Å². The molecule has 0 aliphatic carbocycles. The number of aryl methyl sites for hydroxylation is 2. The van der Waals surface area contributed by atoms with E-state index in [1.54, 1.807) is 29.1 Å². The van der Waals surface area contributed by atoms with Gasteiger partial charge in [-0.2, -0.15) is 5.10 Å². The van der Waals surface area contributed by atoms with Crippen LogP contribution in [0.25, 0.3) is 22.2 Å². The molecule has 0 aliphatic heterocycles. The maximum Gasteiger partial charge on any atom is 0.246 e. The van der Waals surface area contributed by atoms with Gasteiger partial charge in [-0.1, -0.05) is 53.0 Å². The predicted octanol–water partition coefficient (Wildman–Crippen LogP) is 5.66. The highest BCUT2D eigenvalue weighted by Gasteiger charge is 2.16. The molecule has 146 valence electrons. The molecule has 5 nitrogen and oxygen atoms in total. The van der Waals surface area contributed by atoms with Crippen LogP contribution in [-0.4, -0.2) is 20.7 Å². The number of amides is 1. The Labute approximate surface area is 178 Å². The molecule has 0 saturated heterocycles. The van der Waals surface area contributed by atoms with Crippen molar-refractivity contribution in [1.82, 2.24) is 14.8 Å². The maximum absolute atomic E-state index is 12.6. The van der Waals surface area contributed by atoms with E-state index in [1.807, 2.05) is 19.1 Å². The molecule has 2 aromatic heterocycles. The maximum atomic E-state index is 12.6. The van der Waals surface area contributed by atoms with Crippen LogP contribution in [0, 0.1) is 13.8 Å². The molecule has 0 saturated carbocycles. The van der Waals surface area contributed by atoms with Gasteiger partial charge >= 0.3 is 0 Å². The highest BCUT2D eigenvalue weighted by molar-refractivity contribution is 6.35. The smallest absolute Gasteiger partial charge is 0.246 e. The Morgan fingerprint density at radius 1 is 1.07 bits per heavy atom. The number of anilines is 1. The van der Waals surface area contributed by atoms with E-state index in [4.69, 9.17) is 23.2 Å². The van der Waals surface area contributed by atoms with E-state index < -0.39 is 0 Å². The minimum Gasteiger partial charge on any atom is -0.324 e. The third-order valence-corrected chi connectivity index (χ3v) is 5.01. The van der Waals surface area contributed by atoms with Crippen LogP contribution >= 0.6 is 23.2 Å². The third kappa shape index (κ3) is 4.11. The first kappa shape index (κ1) is 19.4. The number of benzene rings is 2. The number of nitrogens with one attached hydrogen (secondary N) is 1. The monoisotopic (exact) mass is 424 g/mol. The first-order chi connectivity index (χ1) is 13.9. The fourth-order valence-corrected chi connectivity index (χ4v) is 3.93. The van der Waals surface area contributed by atoms with E-state index in [-0.39, 0.29) is 12.5 Å². The van der Waals surface area contributed by atoms with Gasteiger partial charge < -0.3 is 5.32 Å². The minimum atomic E-state index is -0.240. The second-order valence-corrected chi connectivity index (χ2v) is 7.75. The standard InChI is InChI=1S/C22H18Cl2N4O/c1-13-4-3-5-15(8-13)19-6-7-25-22-21(19)14(2)27-28(22)12-20(29)26-18-10-16(23)9-17(24)11-18/h3-11H,12H2,1-2H3,(H,26,29). The molecule has 0 bridgehead atoms. The summed E-state index contributed by atoms with van der Waals surface area (Å²) in [6, 6.07) is 15.2. The van der Waals surface area contributed by atoms with Gasteiger partial charge in [0.15, 0.2) is 5.65 Å². The van der Waals surface area contributed by atoms with Crippen LogP contribution in [0.4, 0.5) is 5.69 Å². The first-order valence-corrected chi connectivity index (χ1v) is 9.81. The second-order valence-electron chi connectivity index (χ2n) is 6.88. The number of hydrogen-bond acceptors (Lipinski definition) is 3. The van der Waals surface area contributed by atoms with Crippen molar-refractivity contribution < 1.29 is 4.79 Å². The molecular weight excluding hydrogens is 407 g/mol. The van der Waals surface area contributed by atoms with Gasteiger partial charge in [0.25, 0.3) is 0 Å². The zero-order valence-corrected chi connectivity index (χ0v) is 17.4. The van der Waals surface area contributed by atoms with E-state index in [0.717, 1.165) is 22.2 Å². The van der Waals surface area contributed by atoms with Crippen molar-refractivity contribution in [2.24, 2.45) is 0 Å². The lowest BCUT2D eigenvalue weighted by Gasteiger charge is -2.08. The molecule has 1 amide bonds. The van der Waals surface area contributed by atoms with Crippen LogP contribution < -0.4 is 5.32 Å². The fourth-order valence-electron chi connectivity index (χ4n) is 3.41. The normalized spacial score (nSPS) is 11.0. The minimum absolute atomic E-state index is 0.0265. The van der Waals surface area contributed by atoms with Gasteiger partial charge in [-0.3, -0.25) is 4.79 Å². The Balaban J connectivity index is 1.67. The number of carbonyl (C=O) groups is 1. The van der Waals surface area contributed by atoms with E-state index in [2.05, 4.69) is 40.5 Å². The summed E-state index contributed by atoms with van der Waals surface area (Å²) in [7, 11) is 0. The van der Waals surface area contributed by atoms with E-state index >= 15 is 0 Å². The molecule has 4 aromatic rings. The van der Waals surface area contributed by atoms with Crippen LogP contribution in [-0.2, 0) is 11.3 Å². The van der Waals surface area contributed by atoms with Crippen molar-refractivity contribution in [3.05, 3.63) is 76.0 Å². The summed E-state index contributed by atoms with van der Waals surface area (Å²) < 4.78 is 1.62. The first-order valence-electron chi connectivity index (χ1n) is 9.06. The van der Waals surface area contributed by atoms with Crippen LogP contribution in [0.5, 0.6) is 0 Å². The van der Waals surface area contributed by atoms with Gasteiger partial charge in [0.1, 0.15) is 6.54 Å². The van der Waals surface area contributed by atoms with Crippen molar-refractivity contribution in [2.45, 2.75) is 20.4 Å². The molecule has 0 unspecified atom stereocenters. The predicted molar refractivity (Wildman–Crippen MR) is 118 cm³/mol. The molecule has 1 N–H and O–H groups in total. The summed E-state index contributed by atoms with van der Waals surface area (Å²) in [4.78, 5) is 17.0. The van der Waals surface area contributed by atoms with Crippen molar-refractivity contribution >= 4 is 45.8 Å². The van der Waals surface area contributed by atoms with Crippen molar-refractivity contribution in [3.8, 4) is 11.1 Å². The second kappa shape index (κ2) is 7.85. The van der Waals surface area contributed by atoms with Crippen molar-refractivity contribution in [3.63, 3.8) is 0 Å². The summed E-state index contributed by atoms with van der Waals surface area (Å²) >= 11 is 12.0. The number of rotatable bonds is 4. The van der Waals surface area contributed by atoms with Crippen molar-refractivity contribution in [1.29, 1.82) is 0 Å².